The quantitative estimate of drug-likeness (QED) is 0.818. The van der Waals surface area contributed by atoms with Crippen molar-refractivity contribution in [2.45, 2.75) is 32.7 Å². The lowest BCUT2D eigenvalue weighted by Crippen LogP contribution is -2.52. The Labute approximate surface area is 114 Å². The minimum atomic E-state index is -0.0837. The van der Waals surface area contributed by atoms with Crippen molar-refractivity contribution in [3.8, 4) is 0 Å². The Morgan fingerprint density at radius 2 is 2.47 bits per heavy atom. The van der Waals surface area contributed by atoms with Gasteiger partial charge in [-0.05, 0) is 43.0 Å². The maximum absolute atomic E-state index is 11.7. The van der Waals surface area contributed by atoms with E-state index in [0.717, 1.165) is 6.54 Å². The topological polar surface area (TPSA) is 54.3 Å². The molecule has 1 aliphatic rings. The first kappa shape index (κ1) is 13.9. The molecule has 1 unspecified atom stereocenters. The van der Waals surface area contributed by atoms with Gasteiger partial charge in [0, 0.05) is 18.7 Å². The van der Waals surface area contributed by atoms with Crippen LogP contribution < -0.4 is 10.6 Å². The Bertz CT molecular complexity index is 435. The number of nitrogens with one attached hydrogen (secondary N) is 2. The van der Waals surface area contributed by atoms with Crippen LogP contribution in [0.1, 0.15) is 32.4 Å². The molecule has 1 amide bonds. The molecule has 1 aromatic rings. The van der Waals surface area contributed by atoms with E-state index in [1.807, 2.05) is 6.07 Å². The fourth-order valence-corrected chi connectivity index (χ4v) is 2.42. The van der Waals surface area contributed by atoms with Crippen LogP contribution in [-0.2, 0) is 4.79 Å². The molecule has 2 rings (SSSR count). The van der Waals surface area contributed by atoms with Crippen molar-refractivity contribution in [1.29, 1.82) is 0 Å². The molecule has 4 heteroatoms. The highest BCUT2D eigenvalue weighted by Gasteiger charge is 2.31. The summed E-state index contributed by atoms with van der Waals surface area (Å²) in [4.78, 5) is 11.7. The largest absolute Gasteiger partial charge is 0.465 e. The summed E-state index contributed by atoms with van der Waals surface area (Å²) in [5.74, 6) is 0.603. The minimum absolute atomic E-state index is 0.0837. The van der Waals surface area contributed by atoms with Crippen molar-refractivity contribution in [3.05, 3.63) is 30.2 Å². The van der Waals surface area contributed by atoms with Crippen LogP contribution in [0.15, 0.2) is 28.9 Å². The van der Waals surface area contributed by atoms with Crippen molar-refractivity contribution in [2.24, 2.45) is 5.41 Å². The van der Waals surface area contributed by atoms with Gasteiger partial charge >= 0.3 is 0 Å². The highest BCUT2D eigenvalue weighted by atomic mass is 16.3. The third-order valence-corrected chi connectivity index (χ3v) is 3.75. The monoisotopic (exact) mass is 262 g/mol. The Morgan fingerprint density at radius 3 is 3.16 bits per heavy atom. The van der Waals surface area contributed by atoms with Crippen molar-refractivity contribution in [2.75, 3.05) is 13.1 Å². The number of rotatable bonds is 4. The van der Waals surface area contributed by atoms with Gasteiger partial charge in [-0.1, -0.05) is 13.8 Å². The maximum atomic E-state index is 11.7. The zero-order chi connectivity index (χ0) is 13.7. The molecule has 0 aliphatic carbocycles. The number of amides is 1. The summed E-state index contributed by atoms with van der Waals surface area (Å²) >= 11 is 0. The van der Waals surface area contributed by atoms with Crippen LogP contribution in [-0.4, -0.2) is 25.0 Å². The first-order valence-corrected chi connectivity index (χ1v) is 6.81. The summed E-state index contributed by atoms with van der Waals surface area (Å²) < 4.78 is 5.13. The van der Waals surface area contributed by atoms with Gasteiger partial charge in [0.15, 0.2) is 0 Å². The van der Waals surface area contributed by atoms with Gasteiger partial charge in [-0.25, -0.2) is 0 Å². The number of hydrogen-bond donors (Lipinski definition) is 2. The van der Waals surface area contributed by atoms with E-state index in [4.69, 9.17) is 4.42 Å². The van der Waals surface area contributed by atoms with E-state index in [0.29, 0.717) is 18.3 Å². The molecule has 2 N–H and O–H groups in total. The minimum Gasteiger partial charge on any atom is -0.465 e. The Kier molecular flexibility index (Phi) is 4.43. The number of carbonyl (C=O) groups is 1. The number of carbonyl (C=O) groups excluding carboxylic acids is 1. The predicted molar refractivity (Wildman–Crippen MR) is 75.6 cm³/mol. The van der Waals surface area contributed by atoms with Gasteiger partial charge in [-0.15, -0.1) is 0 Å². The summed E-state index contributed by atoms with van der Waals surface area (Å²) in [5, 5.41) is 6.42. The van der Waals surface area contributed by atoms with Crippen LogP contribution in [0.2, 0.25) is 0 Å². The molecule has 1 aliphatic heterocycles. The van der Waals surface area contributed by atoms with E-state index in [1.165, 1.54) is 18.9 Å². The summed E-state index contributed by atoms with van der Waals surface area (Å²) in [6, 6.07) is 3.95. The molecule has 104 valence electrons. The lowest BCUT2D eigenvalue weighted by Gasteiger charge is -2.39. The molecule has 1 atom stereocenters. The molecule has 1 saturated heterocycles. The molecule has 0 spiro atoms. The molecule has 19 heavy (non-hydrogen) atoms. The van der Waals surface area contributed by atoms with E-state index in [9.17, 15) is 4.79 Å². The predicted octanol–water partition coefficient (Wildman–Crippen LogP) is 2.19. The van der Waals surface area contributed by atoms with Crippen LogP contribution in [0.3, 0.4) is 0 Å². The third-order valence-electron chi connectivity index (χ3n) is 3.75. The van der Waals surface area contributed by atoms with Gasteiger partial charge in [-0.2, -0.15) is 0 Å². The van der Waals surface area contributed by atoms with E-state index >= 15 is 0 Å². The molecule has 4 nitrogen and oxygen atoms in total. The van der Waals surface area contributed by atoms with Crippen molar-refractivity contribution < 1.29 is 9.21 Å². The number of piperidine rings is 1. The van der Waals surface area contributed by atoms with E-state index in [2.05, 4.69) is 24.5 Å². The number of hydrogen-bond acceptors (Lipinski definition) is 3. The third kappa shape index (κ3) is 3.96. The highest BCUT2D eigenvalue weighted by Crippen LogP contribution is 2.29. The van der Waals surface area contributed by atoms with E-state index in [1.54, 1.807) is 18.4 Å². The lowest BCUT2D eigenvalue weighted by molar-refractivity contribution is -0.116. The van der Waals surface area contributed by atoms with Gasteiger partial charge in [0.1, 0.15) is 5.76 Å². The molecule has 0 bridgehead atoms. The fraction of sp³-hybridized carbons (Fsp3) is 0.533. The maximum Gasteiger partial charge on any atom is 0.244 e. The van der Waals surface area contributed by atoms with Crippen LogP contribution in [0, 0.1) is 5.41 Å². The van der Waals surface area contributed by atoms with Crippen molar-refractivity contribution in [3.63, 3.8) is 0 Å². The van der Waals surface area contributed by atoms with Crippen LogP contribution in [0.4, 0.5) is 0 Å². The molecular weight excluding hydrogens is 240 g/mol. The van der Waals surface area contributed by atoms with Gasteiger partial charge in [0.25, 0.3) is 0 Å². The van der Waals surface area contributed by atoms with Crippen LogP contribution in [0.5, 0.6) is 0 Å². The average Bonchev–Trinajstić information content (AvgIpc) is 2.87. The smallest absolute Gasteiger partial charge is 0.244 e. The van der Waals surface area contributed by atoms with Gasteiger partial charge in [0.05, 0.1) is 6.26 Å². The summed E-state index contributed by atoms with van der Waals surface area (Å²) in [5.41, 5.74) is 0.232. The van der Waals surface area contributed by atoms with E-state index < -0.39 is 0 Å². The summed E-state index contributed by atoms with van der Waals surface area (Å²) in [6.45, 7) is 6.18. The van der Waals surface area contributed by atoms with Crippen LogP contribution in [0.25, 0.3) is 6.08 Å². The average molecular weight is 262 g/mol. The lowest BCUT2D eigenvalue weighted by atomic mass is 9.77. The normalized spacial score (nSPS) is 22.5. The summed E-state index contributed by atoms with van der Waals surface area (Å²) in [6.07, 6.45) is 7.17. The Balaban J connectivity index is 1.80. The highest BCUT2D eigenvalue weighted by molar-refractivity contribution is 5.91. The first-order valence-electron chi connectivity index (χ1n) is 6.81. The van der Waals surface area contributed by atoms with Crippen molar-refractivity contribution >= 4 is 12.0 Å². The molecule has 1 fully saturated rings. The first-order chi connectivity index (χ1) is 9.08. The SMILES string of the molecule is CC1(C)CCCNC1CNC(=O)/C=C/c1ccco1. The molecule has 0 radical (unpaired) electrons. The van der Waals surface area contributed by atoms with Gasteiger partial charge < -0.3 is 15.1 Å². The fourth-order valence-electron chi connectivity index (χ4n) is 2.42. The molecular formula is C15H22N2O2. The van der Waals surface area contributed by atoms with Crippen molar-refractivity contribution in [1.82, 2.24) is 10.6 Å². The molecule has 0 saturated carbocycles. The second-order valence-electron chi connectivity index (χ2n) is 5.69. The van der Waals surface area contributed by atoms with Gasteiger partial charge in [0.2, 0.25) is 5.91 Å². The molecule has 0 aromatic carbocycles. The second kappa shape index (κ2) is 6.06. The standard InChI is InChI=1S/C15H22N2O2/c1-15(2)8-4-9-16-13(15)11-17-14(18)7-6-12-5-3-10-19-12/h3,5-7,10,13,16H,4,8-9,11H2,1-2H3,(H,17,18)/b7-6+. The summed E-state index contributed by atoms with van der Waals surface area (Å²) in [7, 11) is 0. The van der Waals surface area contributed by atoms with E-state index in [-0.39, 0.29) is 11.3 Å². The molecule has 1 aromatic heterocycles. The Morgan fingerprint density at radius 1 is 1.63 bits per heavy atom. The van der Waals surface area contributed by atoms with Crippen LogP contribution >= 0.6 is 0 Å². The zero-order valence-corrected chi connectivity index (χ0v) is 11.6. The zero-order valence-electron chi connectivity index (χ0n) is 11.6. The number of furan rings is 1. The molecule has 2 heterocycles. The Hall–Kier alpha value is -1.55. The second-order valence-corrected chi connectivity index (χ2v) is 5.69. The van der Waals surface area contributed by atoms with Gasteiger partial charge in [-0.3, -0.25) is 4.79 Å².